The number of amides is 2. The molecule has 0 aliphatic rings. The summed E-state index contributed by atoms with van der Waals surface area (Å²) in [6.45, 7) is 7.67. The zero-order valence-corrected chi connectivity index (χ0v) is 13.1. The number of hydrogen-bond acceptors (Lipinski definition) is 2. The Balaban J connectivity index is 2.58. The average molecular weight is 292 g/mol. The molecule has 0 aromatic heterocycles. The quantitative estimate of drug-likeness (QED) is 0.846. The number of hydrogen-bond donors (Lipinski definition) is 2. The monoisotopic (exact) mass is 292 g/mol. The minimum atomic E-state index is -1.22. The van der Waals surface area contributed by atoms with Gasteiger partial charge in [-0.2, -0.15) is 0 Å². The van der Waals surface area contributed by atoms with Gasteiger partial charge in [-0.25, -0.2) is 9.59 Å². The van der Waals surface area contributed by atoms with E-state index in [4.69, 9.17) is 0 Å². The largest absolute Gasteiger partial charge is 0.480 e. The molecule has 0 saturated carbocycles. The summed E-state index contributed by atoms with van der Waals surface area (Å²) in [5.41, 5.74) is 1.11. The third kappa shape index (κ3) is 4.48. The topological polar surface area (TPSA) is 69.6 Å². The fourth-order valence-electron chi connectivity index (χ4n) is 2.19. The third-order valence-electron chi connectivity index (χ3n) is 3.53. The number of nitrogens with zero attached hydrogens (tertiary/aromatic N) is 1. The molecule has 5 heteroatoms. The van der Waals surface area contributed by atoms with Gasteiger partial charge in [0, 0.05) is 13.1 Å². The van der Waals surface area contributed by atoms with Crippen LogP contribution in [-0.2, 0) is 11.2 Å². The number of aliphatic carboxylic acids is 1. The van der Waals surface area contributed by atoms with Crippen molar-refractivity contribution in [3.8, 4) is 0 Å². The lowest BCUT2D eigenvalue weighted by molar-refractivity contribution is -0.147. The van der Waals surface area contributed by atoms with Crippen molar-refractivity contribution in [1.82, 2.24) is 10.2 Å². The van der Waals surface area contributed by atoms with Crippen molar-refractivity contribution in [2.24, 2.45) is 0 Å². The van der Waals surface area contributed by atoms with Gasteiger partial charge in [0.2, 0.25) is 0 Å². The number of nitrogens with one attached hydrogen (secondary N) is 1. The van der Waals surface area contributed by atoms with E-state index in [9.17, 15) is 14.7 Å². The molecule has 0 heterocycles. The zero-order valence-electron chi connectivity index (χ0n) is 13.1. The molecule has 2 N–H and O–H groups in total. The van der Waals surface area contributed by atoms with Crippen LogP contribution in [0, 0.1) is 6.92 Å². The van der Waals surface area contributed by atoms with Crippen LogP contribution in [0.5, 0.6) is 0 Å². The van der Waals surface area contributed by atoms with Crippen LogP contribution in [0.25, 0.3) is 0 Å². The van der Waals surface area contributed by atoms with Gasteiger partial charge in [0.15, 0.2) is 0 Å². The average Bonchev–Trinajstić information content (AvgIpc) is 2.39. The standard InChI is InChI=1S/C16H24N2O3/c1-5-18(16(3,4)14(19)20)15(21)17-10-9-13-8-6-7-12(2)11-13/h6-8,11H,5,9-10H2,1-4H3,(H,17,21)(H,19,20). The predicted octanol–water partition coefficient (Wildman–Crippen LogP) is 2.43. The number of likely N-dealkylation sites (N-methyl/N-ethyl adjacent to an activating group) is 1. The van der Waals surface area contributed by atoms with Gasteiger partial charge in [-0.05, 0) is 39.7 Å². The second-order valence-electron chi connectivity index (χ2n) is 5.58. The van der Waals surface area contributed by atoms with E-state index in [1.54, 1.807) is 6.92 Å². The Morgan fingerprint density at radius 3 is 2.52 bits per heavy atom. The summed E-state index contributed by atoms with van der Waals surface area (Å²) in [6.07, 6.45) is 0.721. The van der Waals surface area contributed by atoms with Crippen LogP contribution >= 0.6 is 0 Å². The van der Waals surface area contributed by atoms with Crippen LogP contribution in [0.1, 0.15) is 31.9 Å². The van der Waals surface area contributed by atoms with Gasteiger partial charge in [0.25, 0.3) is 0 Å². The first-order valence-electron chi connectivity index (χ1n) is 7.13. The summed E-state index contributed by atoms with van der Waals surface area (Å²) < 4.78 is 0. The number of urea groups is 1. The smallest absolute Gasteiger partial charge is 0.329 e. The Kier molecular flexibility index (Phi) is 5.76. The third-order valence-corrected chi connectivity index (χ3v) is 3.53. The normalized spacial score (nSPS) is 11.0. The predicted molar refractivity (Wildman–Crippen MR) is 82.4 cm³/mol. The van der Waals surface area contributed by atoms with E-state index in [2.05, 4.69) is 11.4 Å². The minimum absolute atomic E-state index is 0.343. The fraction of sp³-hybridized carbons (Fsp3) is 0.500. The molecule has 0 aliphatic carbocycles. The molecule has 2 amide bonds. The molecule has 0 aliphatic heterocycles. The summed E-state index contributed by atoms with van der Waals surface area (Å²) in [5.74, 6) is -1.02. The summed E-state index contributed by atoms with van der Waals surface area (Å²) in [6, 6.07) is 7.75. The lowest BCUT2D eigenvalue weighted by Crippen LogP contribution is -2.56. The van der Waals surface area contributed by atoms with E-state index in [-0.39, 0.29) is 6.03 Å². The van der Waals surface area contributed by atoms with Crippen LogP contribution in [0.3, 0.4) is 0 Å². The molecule has 0 spiro atoms. The first-order valence-corrected chi connectivity index (χ1v) is 7.13. The molecule has 116 valence electrons. The summed E-state index contributed by atoms with van der Waals surface area (Å²) in [4.78, 5) is 24.7. The van der Waals surface area contributed by atoms with Crippen molar-refractivity contribution in [2.75, 3.05) is 13.1 Å². The van der Waals surface area contributed by atoms with E-state index in [1.807, 2.05) is 25.1 Å². The van der Waals surface area contributed by atoms with Crippen LogP contribution in [0.4, 0.5) is 4.79 Å². The van der Waals surface area contributed by atoms with Crippen molar-refractivity contribution in [3.63, 3.8) is 0 Å². The molecule has 0 bridgehead atoms. The highest BCUT2D eigenvalue weighted by Gasteiger charge is 2.36. The molecule has 0 saturated heterocycles. The minimum Gasteiger partial charge on any atom is -0.480 e. The molecule has 0 unspecified atom stereocenters. The molecule has 1 aromatic carbocycles. The maximum atomic E-state index is 12.1. The van der Waals surface area contributed by atoms with Crippen molar-refractivity contribution in [1.29, 1.82) is 0 Å². The number of carboxylic acid groups (broad SMARTS) is 1. The molecular weight excluding hydrogens is 268 g/mol. The van der Waals surface area contributed by atoms with Gasteiger partial charge < -0.3 is 15.3 Å². The number of carboxylic acids is 1. The lowest BCUT2D eigenvalue weighted by Gasteiger charge is -2.34. The molecule has 1 aromatic rings. The maximum absolute atomic E-state index is 12.1. The molecule has 0 atom stereocenters. The Labute approximate surface area is 126 Å². The first-order chi connectivity index (χ1) is 9.78. The number of carbonyl (C=O) groups is 2. The Bertz CT molecular complexity index is 512. The molecule has 0 radical (unpaired) electrons. The van der Waals surface area contributed by atoms with E-state index < -0.39 is 11.5 Å². The number of benzene rings is 1. The van der Waals surface area contributed by atoms with Gasteiger partial charge in [-0.15, -0.1) is 0 Å². The van der Waals surface area contributed by atoms with Crippen molar-refractivity contribution in [3.05, 3.63) is 35.4 Å². The van der Waals surface area contributed by atoms with E-state index in [0.29, 0.717) is 13.1 Å². The van der Waals surface area contributed by atoms with E-state index in [0.717, 1.165) is 12.0 Å². The Morgan fingerprint density at radius 2 is 2.00 bits per heavy atom. The molecule has 0 fully saturated rings. The van der Waals surface area contributed by atoms with Crippen molar-refractivity contribution in [2.45, 2.75) is 39.7 Å². The second kappa shape index (κ2) is 7.11. The molecule has 1 rings (SSSR count). The highest BCUT2D eigenvalue weighted by Crippen LogP contribution is 2.14. The number of aryl methyl sites for hydroxylation is 1. The van der Waals surface area contributed by atoms with E-state index >= 15 is 0 Å². The summed E-state index contributed by atoms with van der Waals surface area (Å²) in [5, 5.41) is 12.0. The summed E-state index contributed by atoms with van der Waals surface area (Å²) >= 11 is 0. The van der Waals surface area contributed by atoms with E-state index in [1.165, 1.54) is 24.3 Å². The lowest BCUT2D eigenvalue weighted by atomic mass is 10.0. The highest BCUT2D eigenvalue weighted by molar-refractivity contribution is 5.85. The number of carbonyl (C=O) groups excluding carboxylic acids is 1. The maximum Gasteiger partial charge on any atom is 0.329 e. The highest BCUT2D eigenvalue weighted by atomic mass is 16.4. The first kappa shape index (κ1) is 17.0. The molecule has 5 nitrogen and oxygen atoms in total. The van der Waals surface area contributed by atoms with Gasteiger partial charge in [-0.3, -0.25) is 0 Å². The number of rotatable bonds is 6. The van der Waals surface area contributed by atoms with Crippen molar-refractivity contribution < 1.29 is 14.7 Å². The van der Waals surface area contributed by atoms with Crippen LogP contribution in [-0.4, -0.2) is 40.6 Å². The van der Waals surface area contributed by atoms with Gasteiger partial charge >= 0.3 is 12.0 Å². The second-order valence-corrected chi connectivity index (χ2v) is 5.58. The SMILES string of the molecule is CCN(C(=O)NCCc1cccc(C)c1)C(C)(C)C(=O)O. The van der Waals surface area contributed by atoms with Crippen LogP contribution in [0.15, 0.2) is 24.3 Å². The van der Waals surface area contributed by atoms with Crippen molar-refractivity contribution >= 4 is 12.0 Å². The zero-order chi connectivity index (χ0) is 16.0. The van der Waals surface area contributed by atoms with Gasteiger partial charge in [0.1, 0.15) is 5.54 Å². The van der Waals surface area contributed by atoms with Crippen LogP contribution in [0.2, 0.25) is 0 Å². The molecule has 21 heavy (non-hydrogen) atoms. The molecular formula is C16H24N2O3. The van der Waals surface area contributed by atoms with Gasteiger partial charge in [0.05, 0.1) is 0 Å². The Hall–Kier alpha value is -2.04. The Morgan fingerprint density at radius 1 is 1.33 bits per heavy atom. The summed E-state index contributed by atoms with van der Waals surface area (Å²) in [7, 11) is 0. The van der Waals surface area contributed by atoms with Crippen LogP contribution < -0.4 is 5.32 Å². The van der Waals surface area contributed by atoms with Gasteiger partial charge in [-0.1, -0.05) is 29.8 Å². The fourth-order valence-corrected chi connectivity index (χ4v) is 2.19.